The number of rotatable bonds is 6. The third kappa shape index (κ3) is 5.84. The van der Waals surface area contributed by atoms with Crippen molar-refractivity contribution in [1.29, 1.82) is 0 Å². The van der Waals surface area contributed by atoms with Crippen LogP contribution in [-0.2, 0) is 14.6 Å². The van der Waals surface area contributed by atoms with Crippen LogP contribution in [0.2, 0.25) is 5.02 Å². The zero-order chi connectivity index (χ0) is 33.0. The van der Waals surface area contributed by atoms with Crippen LogP contribution in [0.1, 0.15) is 44.9 Å². The van der Waals surface area contributed by atoms with Gasteiger partial charge in [-0.1, -0.05) is 32.0 Å². The Bertz CT molecular complexity index is 2030. The summed E-state index contributed by atoms with van der Waals surface area (Å²) in [4.78, 5) is 44.1. The molecule has 1 aliphatic heterocycles. The Morgan fingerprint density at radius 3 is 2.49 bits per heavy atom. The standard InChI is InChI=1S/C32H34ClFN6O4S/c1-8-26(41)38-15-20(6)39(16-19(38)5)30-23-14-24(33)28(22-13-21(45(7,43)44)9-10-25(22)34)36-31(23)40(32(42)37-30)29-18(4)11-12-35-27(29)17(2)3/h8-14,17,19-20H,1,15-16H2,2-7H3. The van der Waals surface area contributed by atoms with Crippen molar-refractivity contribution in [1.82, 2.24) is 24.4 Å². The highest BCUT2D eigenvalue weighted by molar-refractivity contribution is 7.90. The van der Waals surface area contributed by atoms with E-state index < -0.39 is 21.3 Å². The van der Waals surface area contributed by atoms with Crippen LogP contribution in [0.5, 0.6) is 0 Å². The first kappa shape index (κ1) is 32.2. The first-order valence-electron chi connectivity index (χ1n) is 14.4. The number of nitrogens with zero attached hydrogens (tertiary/aromatic N) is 6. The fourth-order valence-electron chi connectivity index (χ4n) is 5.76. The van der Waals surface area contributed by atoms with Crippen molar-refractivity contribution in [3.05, 3.63) is 81.8 Å². The van der Waals surface area contributed by atoms with Gasteiger partial charge in [-0.3, -0.25) is 9.78 Å². The number of benzene rings is 1. The maximum atomic E-state index is 15.3. The zero-order valence-corrected chi connectivity index (χ0v) is 27.4. The summed E-state index contributed by atoms with van der Waals surface area (Å²) >= 11 is 6.80. The lowest BCUT2D eigenvalue weighted by Crippen LogP contribution is -2.58. The number of pyridine rings is 2. The highest BCUT2D eigenvalue weighted by Gasteiger charge is 2.34. The van der Waals surface area contributed by atoms with Gasteiger partial charge in [0.2, 0.25) is 5.91 Å². The van der Waals surface area contributed by atoms with Gasteiger partial charge >= 0.3 is 5.69 Å². The number of sulfone groups is 1. The van der Waals surface area contributed by atoms with Gasteiger partial charge in [0, 0.05) is 43.2 Å². The summed E-state index contributed by atoms with van der Waals surface area (Å²) in [5.74, 6) is -0.683. The lowest BCUT2D eigenvalue weighted by Gasteiger charge is -2.44. The van der Waals surface area contributed by atoms with Gasteiger partial charge in [0.15, 0.2) is 15.5 Å². The van der Waals surface area contributed by atoms with E-state index in [0.717, 1.165) is 17.9 Å². The van der Waals surface area contributed by atoms with Crippen molar-refractivity contribution in [3.8, 4) is 16.9 Å². The van der Waals surface area contributed by atoms with Gasteiger partial charge < -0.3 is 9.80 Å². The lowest BCUT2D eigenvalue weighted by atomic mass is 10.0. The molecule has 5 rings (SSSR count). The fraction of sp³-hybridized carbons (Fsp3) is 0.344. The number of anilines is 1. The topological polar surface area (TPSA) is 118 Å². The monoisotopic (exact) mass is 652 g/mol. The molecule has 0 radical (unpaired) electrons. The Morgan fingerprint density at radius 2 is 1.84 bits per heavy atom. The molecule has 10 nitrogen and oxygen atoms in total. The predicted molar refractivity (Wildman–Crippen MR) is 173 cm³/mol. The zero-order valence-electron chi connectivity index (χ0n) is 25.9. The molecule has 1 saturated heterocycles. The third-order valence-electron chi connectivity index (χ3n) is 8.06. The first-order chi connectivity index (χ1) is 21.1. The third-order valence-corrected chi connectivity index (χ3v) is 9.46. The number of carbonyl (C=O) groups excluding carboxylic acids is 1. The minimum absolute atomic E-state index is 0.0343. The number of aryl methyl sites for hydroxylation is 1. The number of halogens is 2. The quantitative estimate of drug-likeness (QED) is 0.209. The van der Waals surface area contributed by atoms with Gasteiger partial charge in [-0.05, 0) is 68.7 Å². The molecule has 1 amide bonds. The largest absolute Gasteiger partial charge is 0.355 e. The van der Waals surface area contributed by atoms with E-state index in [1.165, 1.54) is 22.8 Å². The number of hydrogen-bond donors (Lipinski definition) is 0. The number of fused-ring (bicyclic) bond motifs is 1. The first-order valence-corrected chi connectivity index (χ1v) is 16.7. The molecule has 2 unspecified atom stereocenters. The molecule has 1 aliphatic rings. The molecular formula is C32H34ClFN6O4S. The number of aromatic nitrogens is 4. The van der Waals surface area contributed by atoms with E-state index in [0.29, 0.717) is 35.7 Å². The molecule has 0 bridgehead atoms. The van der Waals surface area contributed by atoms with Crippen molar-refractivity contribution in [2.75, 3.05) is 24.2 Å². The number of piperazine rings is 1. The number of amides is 1. The molecule has 45 heavy (non-hydrogen) atoms. The van der Waals surface area contributed by atoms with Gasteiger partial charge in [0.05, 0.1) is 32.4 Å². The van der Waals surface area contributed by atoms with E-state index >= 15 is 4.39 Å². The Kier molecular flexibility index (Phi) is 8.58. The molecular weight excluding hydrogens is 619 g/mol. The molecule has 4 heterocycles. The molecule has 0 spiro atoms. The van der Waals surface area contributed by atoms with Crippen LogP contribution in [0.25, 0.3) is 28.0 Å². The van der Waals surface area contributed by atoms with Gasteiger partial charge in [-0.15, -0.1) is 0 Å². The Morgan fingerprint density at radius 1 is 1.13 bits per heavy atom. The van der Waals surface area contributed by atoms with Crippen molar-refractivity contribution in [3.63, 3.8) is 0 Å². The minimum Gasteiger partial charge on any atom is -0.349 e. The summed E-state index contributed by atoms with van der Waals surface area (Å²) in [6.07, 6.45) is 3.97. The van der Waals surface area contributed by atoms with Crippen LogP contribution in [0.3, 0.4) is 0 Å². The van der Waals surface area contributed by atoms with E-state index in [9.17, 15) is 18.0 Å². The predicted octanol–water partition coefficient (Wildman–Crippen LogP) is 5.08. The number of hydrogen-bond acceptors (Lipinski definition) is 8. The minimum atomic E-state index is -3.68. The van der Waals surface area contributed by atoms with Crippen LogP contribution < -0.4 is 10.6 Å². The molecule has 13 heteroatoms. The summed E-state index contributed by atoms with van der Waals surface area (Å²) in [5, 5.41) is 0.456. The second kappa shape index (κ2) is 12.0. The normalized spacial score (nSPS) is 17.3. The summed E-state index contributed by atoms with van der Waals surface area (Å²) in [5.41, 5.74) is 1.22. The van der Waals surface area contributed by atoms with Crippen molar-refractivity contribution >= 4 is 44.2 Å². The van der Waals surface area contributed by atoms with E-state index in [4.69, 9.17) is 16.6 Å². The van der Waals surface area contributed by atoms with Crippen LogP contribution >= 0.6 is 11.6 Å². The van der Waals surface area contributed by atoms with Crippen molar-refractivity contribution in [2.45, 2.75) is 57.5 Å². The second-order valence-corrected chi connectivity index (χ2v) is 14.1. The molecule has 2 atom stereocenters. The average Bonchev–Trinajstić information content (AvgIpc) is 2.97. The second-order valence-electron chi connectivity index (χ2n) is 11.7. The molecule has 3 aromatic heterocycles. The summed E-state index contributed by atoms with van der Waals surface area (Å²) < 4.78 is 41.4. The SMILES string of the molecule is C=CC(=O)N1CC(C)N(c2nc(=O)n(-c3c(C)ccnc3C(C)C)c3nc(-c4cc(S(C)(=O)=O)ccc4F)c(Cl)cc23)CC1C. The molecule has 4 aromatic rings. The van der Waals surface area contributed by atoms with Gasteiger partial charge in [0.25, 0.3) is 0 Å². The van der Waals surface area contributed by atoms with Gasteiger partial charge in [0.1, 0.15) is 11.6 Å². The highest BCUT2D eigenvalue weighted by atomic mass is 35.5. The molecule has 0 aliphatic carbocycles. The number of carbonyl (C=O) groups is 1. The fourth-order valence-corrected chi connectivity index (χ4v) is 6.66. The van der Waals surface area contributed by atoms with E-state index in [2.05, 4.69) is 16.5 Å². The molecule has 236 valence electrons. The van der Waals surface area contributed by atoms with Crippen molar-refractivity contribution in [2.24, 2.45) is 0 Å². The van der Waals surface area contributed by atoms with Crippen molar-refractivity contribution < 1.29 is 17.6 Å². The van der Waals surface area contributed by atoms with Crippen LogP contribution in [0, 0.1) is 12.7 Å². The molecule has 1 aromatic carbocycles. The maximum absolute atomic E-state index is 15.3. The highest BCUT2D eigenvalue weighted by Crippen LogP contribution is 2.37. The van der Waals surface area contributed by atoms with Crippen LogP contribution in [0.15, 0.2) is 58.9 Å². The van der Waals surface area contributed by atoms with Gasteiger partial charge in [-0.25, -0.2) is 27.2 Å². The Labute approximate surface area is 266 Å². The summed E-state index contributed by atoms with van der Waals surface area (Å²) in [6, 6.07) is 6.29. The van der Waals surface area contributed by atoms with E-state index in [1.807, 2.05) is 39.5 Å². The summed E-state index contributed by atoms with van der Waals surface area (Å²) in [6.45, 7) is 13.9. The van der Waals surface area contributed by atoms with Crippen LogP contribution in [-0.4, -0.2) is 70.2 Å². The van der Waals surface area contributed by atoms with E-state index in [1.54, 1.807) is 23.2 Å². The molecule has 0 saturated carbocycles. The maximum Gasteiger partial charge on any atom is 0.355 e. The van der Waals surface area contributed by atoms with E-state index in [-0.39, 0.29) is 50.7 Å². The van der Waals surface area contributed by atoms with Gasteiger partial charge in [-0.2, -0.15) is 4.98 Å². The molecule has 0 N–H and O–H groups in total. The summed E-state index contributed by atoms with van der Waals surface area (Å²) in [7, 11) is -3.68. The molecule has 1 fully saturated rings. The van der Waals surface area contributed by atoms with Crippen LogP contribution in [0.4, 0.5) is 10.2 Å². The lowest BCUT2D eigenvalue weighted by molar-refractivity contribution is -0.128. The smallest absolute Gasteiger partial charge is 0.349 e. The Hall–Kier alpha value is -4.16. The Balaban J connectivity index is 1.85. The average molecular weight is 653 g/mol.